The molecule has 0 radical (unpaired) electrons. The van der Waals surface area contributed by atoms with E-state index in [1.54, 1.807) is 31.2 Å². The lowest BCUT2D eigenvalue weighted by Crippen LogP contribution is -2.09. The Morgan fingerprint density at radius 2 is 1.85 bits per heavy atom. The lowest BCUT2D eigenvalue weighted by Gasteiger charge is -2.12. The summed E-state index contributed by atoms with van der Waals surface area (Å²) in [5.41, 5.74) is 0.0794. The van der Waals surface area contributed by atoms with Crippen molar-refractivity contribution in [2.24, 2.45) is 0 Å². The van der Waals surface area contributed by atoms with Crippen LogP contribution in [0.3, 0.4) is 0 Å². The Balaban J connectivity index is 3.48. The van der Waals surface area contributed by atoms with E-state index in [2.05, 4.69) is 5.32 Å². The van der Waals surface area contributed by atoms with E-state index >= 15 is 0 Å². The van der Waals surface area contributed by atoms with Gasteiger partial charge in [0.05, 0.1) is 11.3 Å². The average Bonchev–Trinajstić information content (AvgIpc) is 2.40. The number of carboxylic acids is 1. The summed E-state index contributed by atoms with van der Waals surface area (Å²) in [5.74, 6) is -1.16. The molecule has 0 unspecified atom stereocenters. The van der Waals surface area contributed by atoms with Gasteiger partial charge in [0.15, 0.2) is 5.57 Å². The number of allylic oxidation sites excluding steroid dienone is 2. The van der Waals surface area contributed by atoms with E-state index in [9.17, 15) is 9.90 Å². The first kappa shape index (κ1) is 15.5. The van der Waals surface area contributed by atoms with Crippen LogP contribution in [-0.2, 0) is 0 Å². The molecule has 0 saturated heterocycles. The highest BCUT2D eigenvalue weighted by atomic mass is 127. The summed E-state index contributed by atoms with van der Waals surface area (Å²) < 4.78 is 0.728. The summed E-state index contributed by atoms with van der Waals surface area (Å²) in [6, 6.07) is 8.02. The second-order valence-electron chi connectivity index (χ2n) is 3.66. The molecule has 0 bridgehead atoms. The van der Waals surface area contributed by atoms with Gasteiger partial charge in [-0.25, -0.2) is 4.79 Å². The molecular formula is C13H7IN4O2. The Kier molecular flexibility index (Phi) is 5.08. The van der Waals surface area contributed by atoms with Gasteiger partial charge in [0.2, 0.25) is 0 Å². The minimum absolute atomic E-state index is 0.0302. The normalized spacial score (nSPS) is 8.75. The number of hydrogen-bond donors (Lipinski definition) is 2. The highest BCUT2D eigenvalue weighted by molar-refractivity contribution is 14.1. The lowest BCUT2D eigenvalue weighted by atomic mass is 10.1. The fourth-order valence-corrected chi connectivity index (χ4v) is 2.26. The molecule has 1 aromatic carbocycles. The van der Waals surface area contributed by atoms with E-state index in [1.807, 2.05) is 22.6 Å². The van der Waals surface area contributed by atoms with Crippen LogP contribution >= 0.6 is 22.6 Å². The summed E-state index contributed by atoms with van der Waals surface area (Å²) in [6.07, 6.45) is 0. The number of hydrogen-bond acceptors (Lipinski definition) is 5. The molecule has 0 spiro atoms. The minimum atomic E-state index is -1.16. The number of aromatic carboxylic acids is 1. The fourth-order valence-electron chi connectivity index (χ4n) is 1.49. The number of nitrogens with one attached hydrogen (secondary N) is 1. The van der Waals surface area contributed by atoms with Gasteiger partial charge >= 0.3 is 5.97 Å². The maximum atomic E-state index is 11.2. The first-order valence-electron chi connectivity index (χ1n) is 5.19. The smallest absolute Gasteiger partial charge is 0.337 e. The Morgan fingerprint density at radius 1 is 1.25 bits per heavy atom. The van der Waals surface area contributed by atoms with E-state index in [0.29, 0.717) is 5.56 Å². The second kappa shape index (κ2) is 6.55. The van der Waals surface area contributed by atoms with Crippen molar-refractivity contribution < 1.29 is 9.90 Å². The standard InChI is InChI=1S/C13H7IN4O2/c1-7-2-9(14)3-10(13(19)20)12(7)18-11(6-17)8(4-15)5-16/h2-3,18H,1H3,(H,19,20). The monoisotopic (exact) mass is 378 g/mol. The second-order valence-corrected chi connectivity index (χ2v) is 4.91. The van der Waals surface area contributed by atoms with Crippen molar-refractivity contribution >= 4 is 34.2 Å². The van der Waals surface area contributed by atoms with E-state index in [1.165, 1.54) is 6.07 Å². The predicted molar refractivity (Wildman–Crippen MR) is 78.3 cm³/mol. The number of benzene rings is 1. The van der Waals surface area contributed by atoms with Crippen molar-refractivity contribution in [3.63, 3.8) is 0 Å². The number of rotatable bonds is 3. The number of aryl methyl sites for hydroxylation is 1. The van der Waals surface area contributed by atoms with Gasteiger partial charge in [0, 0.05) is 3.57 Å². The van der Waals surface area contributed by atoms with Gasteiger partial charge in [-0.1, -0.05) is 0 Å². The van der Waals surface area contributed by atoms with Crippen LogP contribution in [0.15, 0.2) is 23.4 Å². The van der Waals surface area contributed by atoms with Crippen molar-refractivity contribution in [3.05, 3.63) is 38.1 Å². The topological polar surface area (TPSA) is 121 Å². The Bertz CT molecular complexity index is 716. The van der Waals surface area contributed by atoms with Crippen LogP contribution in [0, 0.1) is 44.5 Å². The van der Waals surface area contributed by atoms with E-state index < -0.39 is 11.5 Å². The zero-order valence-corrected chi connectivity index (χ0v) is 12.4. The van der Waals surface area contributed by atoms with Crippen molar-refractivity contribution in [1.29, 1.82) is 15.8 Å². The van der Waals surface area contributed by atoms with E-state index in [4.69, 9.17) is 15.8 Å². The molecule has 0 aliphatic carbocycles. The van der Waals surface area contributed by atoms with Gasteiger partial charge in [0.1, 0.15) is 23.9 Å². The van der Waals surface area contributed by atoms with Crippen LogP contribution < -0.4 is 5.32 Å². The molecular weight excluding hydrogens is 371 g/mol. The molecule has 0 aliphatic rings. The third-order valence-electron chi connectivity index (χ3n) is 2.37. The maximum Gasteiger partial charge on any atom is 0.337 e. The zero-order chi connectivity index (χ0) is 15.3. The van der Waals surface area contributed by atoms with Crippen LogP contribution in [0.4, 0.5) is 5.69 Å². The summed E-state index contributed by atoms with van der Waals surface area (Å²) in [7, 11) is 0. The molecule has 0 aromatic heterocycles. The molecule has 7 heteroatoms. The van der Waals surface area contributed by atoms with Crippen molar-refractivity contribution in [3.8, 4) is 18.2 Å². The first-order chi connectivity index (χ1) is 9.44. The molecule has 0 atom stereocenters. The van der Waals surface area contributed by atoms with Crippen LogP contribution in [-0.4, -0.2) is 11.1 Å². The van der Waals surface area contributed by atoms with Crippen molar-refractivity contribution in [1.82, 2.24) is 0 Å². The minimum Gasteiger partial charge on any atom is -0.478 e. The van der Waals surface area contributed by atoms with Crippen LogP contribution in [0.25, 0.3) is 0 Å². The Morgan fingerprint density at radius 3 is 2.30 bits per heavy atom. The third kappa shape index (κ3) is 3.25. The lowest BCUT2D eigenvalue weighted by molar-refractivity contribution is 0.0698. The molecule has 0 heterocycles. The van der Waals surface area contributed by atoms with E-state index in [0.717, 1.165) is 3.57 Å². The molecule has 0 aliphatic heterocycles. The number of carboxylic acid groups (broad SMARTS) is 1. The number of halogens is 1. The highest BCUT2D eigenvalue weighted by Crippen LogP contribution is 2.25. The van der Waals surface area contributed by atoms with Crippen LogP contribution in [0.2, 0.25) is 0 Å². The third-order valence-corrected chi connectivity index (χ3v) is 2.99. The molecule has 0 amide bonds. The van der Waals surface area contributed by atoms with Crippen LogP contribution in [0.5, 0.6) is 0 Å². The van der Waals surface area contributed by atoms with Gasteiger partial charge in [0.25, 0.3) is 0 Å². The summed E-state index contributed by atoms with van der Waals surface area (Å²) >= 11 is 1.98. The average molecular weight is 378 g/mol. The van der Waals surface area contributed by atoms with Gasteiger partial charge in [-0.3, -0.25) is 0 Å². The Hall–Kier alpha value is -2.57. The summed E-state index contributed by atoms with van der Waals surface area (Å²) in [5, 5.41) is 38.2. The molecule has 0 saturated carbocycles. The molecule has 6 nitrogen and oxygen atoms in total. The number of anilines is 1. The number of nitrogens with zero attached hydrogens (tertiary/aromatic N) is 3. The SMILES string of the molecule is Cc1cc(I)cc(C(=O)O)c1NC(C#N)=C(C#N)C#N. The fraction of sp³-hybridized carbons (Fsp3) is 0.0769. The number of carbonyl (C=O) groups is 1. The van der Waals surface area contributed by atoms with Crippen molar-refractivity contribution in [2.45, 2.75) is 6.92 Å². The predicted octanol–water partition coefficient (Wildman–Crippen LogP) is 2.53. The number of nitriles is 3. The molecule has 1 rings (SSSR count). The highest BCUT2D eigenvalue weighted by Gasteiger charge is 2.16. The molecule has 0 fully saturated rings. The molecule has 2 N–H and O–H groups in total. The van der Waals surface area contributed by atoms with Crippen molar-refractivity contribution in [2.75, 3.05) is 5.32 Å². The summed E-state index contributed by atoms with van der Waals surface area (Å²) in [4.78, 5) is 11.2. The largest absolute Gasteiger partial charge is 0.478 e. The van der Waals surface area contributed by atoms with Gasteiger partial charge < -0.3 is 10.4 Å². The zero-order valence-electron chi connectivity index (χ0n) is 10.2. The van der Waals surface area contributed by atoms with E-state index in [-0.39, 0.29) is 16.9 Å². The first-order valence-corrected chi connectivity index (χ1v) is 6.27. The molecule has 1 aromatic rings. The maximum absolute atomic E-state index is 11.2. The quantitative estimate of drug-likeness (QED) is 0.616. The Labute approximate surface area is 128 Å². The molecule has 98 valence electrons. The van der Waals surface area contributed by atoms with Gasteiger partial charge in [-0.2, -0.15) is 15.8 Å². The molecule has 20 heavy (non-hydrogen) atoms. The van der Waals surface area contributed by atoms with Gasteiger partial charge in [-0.05, 0) is 47.2 Å². The summed E-state index contributed by atoms with van der Waals surface area (Å²) in [6.45, 7) is 1.67. The van der Waals surface area contributed by atoms with Crippen LogP contribution in [0.1, 0.15) is 15.9 Å². The van der Waals surface area contributed by atoms with Gasteiger partial charge in [-0.15, -0.1) is 0 Å².